The van der Waals surface area contributed by atoms with Gasteiger partial charge in [-0.15, -0.1) is 0 Å². The Morgan fingerprint density at radius 3 is 3.00 bits per heavy atom. The number of unbranched alkanes of at least 4 members (excludes halogenated alkanes) is 1. The molecule has 82 valence electrons. The number of carbonyl (C=O) groups excluding carboxylic acids is 1. The molecule has 0 unspecified atom stereocenters. The van der Waals surface area contributed by atoms with Gasteiger partial charge >= 0.3 is 0 Å². The highest BCUT2D eigenvalue weighted by Crippen LogP contribution is 2.16. The topological polar surface area (TPSA) is 42.0 Å². The van der Waals surface area contributed by atoms with Crippen LogP contribution in [0.3, 0.4) is 0 Å². The molecule has 3 nitrogen and oxygen atoms in total. The van der Waals surface area contributed by atoms with Crippen molar-refractivity contribution in [2.75, 3.05) is 5.32 Å². The van der Waals surface area contributed by atoms with E-state index < -0.39 is 5.82 Å². The summed E-state index contributed by atoms with van der Waals surface area (Å²) in [7, 11) is 0. The number of carbonyl (C=O) groups is 1. The molecule has 0 saturated heterocycles. The van der Waals surface area contributed by atoms with Crippen LogP contribution in [0.2, 0.25) is 0 Å². The van der Waals surface area contributed by atoms with Crippen molar-refractivity contribution in [1.29, 1.82) is 0 Å². The van der Waals surface area contributed by atoms with Crippen molar-refractivity contribution in [3.05, 3.63) is 22.6 Å². The van der Waals surface area contributed by atoms with Gasteiger partial charge in [-0.05, 0) is 22.4 Å². The van der Waals surface area contributed by atoms with Crippen molar-refractivity contribution in [2.24, 2.45) is 0 Å². The van der Waals surface area contributed by atoms with E-state index in [1.54, 1.807) is 0 Å². The Labute approximate surface area is 96.2 Å². The van der Waals surface area contributed by atoms with Crippen LogP contribution in [-0.4, -0.2) is 10.9 Å². The smallest absolute Gasteiger partial charge is 0.225 e. The lowest BCUT2D eigenvalue weighted by atomic mass is 10.2. The highest BCUT2D eigenvalue weighted by atomic mass is 79.9. The molecule has 5 heteroatoms. The van der Waals surface area contributed by atoms with Crippen molar-refractivity contribution in [3.8, 4) is 0 Å². The lowest BCUT2D eigenvalue weighted by Gasteiger charge is -2.04. The Morgan fingerprint density at radius 2 is 2.40 bits per heavy atom. The van der Waals surface area contributed by atoms with Gasteiger partial charge in [-0.3, -0.25) is 4.79 Å². The minimum absolute atomic E-state index is 0.133. The fourth-order valence-electron chi connectivity index (χ4n) is 1.03. The van der Waals surface area contributed by atoms with E-state index in [-0.39, 0.29) is 16.2 Å². The van der Waals surface area contributed by atoms with Gasteiger partial charge in [-0.1, -0.05) is 13.3 Å². The zero-order valence-corrected chi connectivity index (χ0v) is 9.97. The van der Waals surface area contributed by atoms with E-state index in [4.69, 9.17) is 0 Å². The summed E-state index contributed by atoms with van der Waals surface area (Å²) in [5, 5.41) is 2.53. The van der Waals surface area contributed by atoms with Crippen LogP contribution in [0.5, 0.6) is 0 Å². The first-order valence-electron chi connectivity index (χ1n) is 4.74. The van der Waals surface area contributed by atoms with Gasteiger partial charge in [0, 0.05) is 18.7 Å². The third-order valence-electron chi connectivity index (χ3n) is 1.83. The second kappa shape index (κ2) is 5.80. The second-order valence-electron chi connectivity index (χ2n) is 3.14. The summed E-state index contributed by atoms with van der Waals surface area (Å²) in [6, 6.07) is 1.19. The van der Waals surface area contributed by atoms with Crippen LogP contribution in [-0.2, 0) is 4.79 Å². The van der Waals surface area contributed by atoms with Crippen LogP contribution in [0.4, 0.5) is 10.2 Å². The first-order valence-corrected chi connectivity index (χ1v) is 5.53. The van der Waals surface area contributed by atoms with Gasteiger partial charge in [0.15, 0.2) is 0 Å². The highest BCUT2D eigenvalue weighted by Gasteiger charge is 2.05. The molecule has 0 radical (unpaired) electrons. The van der Waals surface area contributed by atoms with Crippen LogP contribution in [0, 0.1) is 5.82 Å². The van der Waals surface area contributed by atoms with Gasteiger partial charge in [0.2, 0.25) is 5.91 Å². The number of anilines is 1. The predicted molar refractivity (Wildman–Crippen MR) is 60.0 cm³/mol. The minimum atomic E-state index is -0.434. The van der Waals surface area contributed by atoms with Crippen LogP contribution in [0.25, 0.3) is 0 Å². The molecular weight excluding hydrogens is 263 g/mol. The van der Waals surface area contributed by atoms with E-state index in [0.29, 0.717) is 6.42 Å². The molecule has 0 aliphatic carbocycles. The number of aromatic nitrogens is 1. The quantitative estimate of drug-likeness (QED) is 0.917. The van der Waals surface area contributed by atoms with Gasteiger partial charge < -0.3 is 5.32 Å². The number of nitrogens with one attached hydrogen (secondary N) is 1. The number of amides is 1. The maximum Gasteiger partial charge on any atom is 0.225 e. The Balaban J connectivity index is 2.57. The summed E-state index contributed by atoms with van der Waals surface area (Å²) in [4.78, 5) is 15.2. The molecule has 0 aliphatic rings. The molecule has 1 rings (SSSR count). The van der Waals surface area contributed by atoms with E-state index in [0.717, 1.165) is 12.8 Å². The van der Waals surface area contributed by atoms with Crippen molar-refractivity contribution >= 4 is 27.7 Å². The lowest BCUT2D eigenvalue weighted by Crippen LogP contribution is -2.12. The van der Waals surface area contributed by atoms with Crippen LogP contribution < -0.4 is 5.32 Å². The monoisotopic (exact) mass is 274 g/mol. The molecule has 0 aliphatic heterocycles. The largest absolute Gasteiger partial charge is 0.311 e. The van der Waals surface area contributed by atoms with E-state index in [1.807, 2.05) is 6.92 Å². The minimum Gasteiger partial charge on any atom is -0.311 e. The van der Waals surface area contributed by atoms with E-state index >= 15 is 0 Å². The number of rotatable bonds is 4. The molecule has 15 heavy (non-hydrogen) atoms. The Bertz CT molecular complexity index is 357. The molecule has 0 aromatic carbocycles. The average Bonchev–Trinajstić information content (AvgIpc) is 2.20. The van der Waals surface area contributed by atoms with Gasteiger partial charge in [-0.25, -0.2) is 9.37 Å². The third kappa shape index (κ3) is 3.95. The van der Waals surface area contributed by atoms with Crippen molar-refractivity contribution in [3.63, 3.8) is 0 Å². The van der Waals surface area contributed by atoms with E-state index in [2.05, 4.69) is 26.2 Å². The summed E-state index contributed by atoms with van der Waals surface area (Å²) in [6.07, 6.45) is 3.54. The normalized spacial score (nSPS) is 10.1. The first-order chi connectivity index (χ1) is 7.13. The summed E-state index contributed by atoms with van der Waals surface area (Å²) in [5.74, 6) is -0.321. The Kier molecular flexibility index (Phi) is 4.68. The van der Waals surface area contributed by atoms with Crippen molar-refractivity contribution in [2.45, 2.75) is 26.2 Å². The summed E-state index contributed by atoms with van der Waals surface area (Å²) in [6.45, 7) is 2.00. The fraction of sp³-hybridized carbons (Fsp3) is 0.400. The number of halogens is 2. The molecular formula is C10H12BrFN2O. The molecule has 1 N–H and O–H groups in total. The summed E-state index contributed by atoms with van der Waals surface area (Å²) in [5.41, 5.74) is 0. The van der Waals surface area contributed by atoms with E-state index in [1.165, 1.54) is 12.3 Å². The Morgan fingerprint density at radius 1 is 1.67 bits per heavy atom. The van der Waals surface area contributed by atoms with Gasteiger partial charge in [0.1, 0.15) is 11.6 Å². The molecule has 0 spiro atoms. The first kappa shape index (κ1) is 12.1. The molecule has 1 aromatic rings. The standard InChI is InChI=1S/C10H12BrFN2O/c1-2-3-4-10(15)14-9-5-8(12)7(11)6-13-9/h5-6H,2-4H2,1H3,(H,13,14,15). The van der Waals surface area contributed by atoms with Gasteiger partial charge in [0.25, 0.3) is 0 Å². The molecule has 0 fully saturated rings. The highest BCUT2D eigenvalue weighted by molar-refractivity contribution is 9.10. The SMILES string of the molecule is CCCCC(=O)Nc1cc(F)c(Br)cn1. The van der Waals surface area contributed by atoms with Crippen LogP contribution in [0.15, 0.2) is 16.7 Å². The third-order valence-corrected chi connectivity index (χ3v) is 2.42. The van der Waals surface area contributed by atoms with Crippen molar-refractivity contribution < 1.29 is 9.18 Å². The lowest BCUT2D eigenvalue weighted by molar-refractivity contribution is -0.116. The predicted octanol–water partition coefficient (Wildman–Crippen LogP) is 3.11. The zero-order chi connectivity index (χ0) is 11.3. The number of pyridine rings is 1. The second-order valence-corrected chi connectivity index (χ2v) is 3.99. The molecule has 1 heterocycles. The summed E-state index contributed by atoms with van der Waals surface area (Å²) >= 11 is 2.99. The Hall–Kier alpha value is -0.970. The number of hydrogen-bond acceptors (Lipinski definition) is 2. The maximum absolute atomic E-state index is 13.0. The van der Waals surface area contributed by atoms with Gasteiger partial charge in [-0.2, -0.15) is 0 Å². The number of hydrogen-bond donors (Lipinski definition) is 1. The maximum atomic E-state index is 13.0. The molecule has 0 atom stereocenters. The van der Waals surface area contributed by atoms with Crippen LogP contribution >= 0.6 is 15.9 Å². The molecule has 0 saturated carbocycles. The van der Waals surface area contributed by atoms with Crippen molar-refractivity contribution in [1.82, 2.24) is 4.98 Å². The van der Waals surface area contributed by atoms with Gasteiger partial charge in [0.05, 0.1) is 4.47 Å². The molecule has 0 bridgehead atoms. The van der Waals surface area contributed by atoms with Crippen LogP contribution in [0.1, 0.15) is 26.2 Å². The average molecular weight is 275 g/mol. The molecule has 1 amide bonds. The number of nitrogens with zero attached hydrogens (tertiary/aromatic N) is 1. The fourth-order valence-corrected chi connectivity index (χ4v) is 1.24. The molecule has 1 aromatic heterocycles. The van der Waals surface area contributed by atoms with E-state index in [9.17, 15) is 9.18 Å². The summed E-state index contributed by atoms with van der Waals surface area (Å²) < 4.78 is 13.3. The zero-order valence-electron chi connectivity index (χ0n) is 8.39.